The summed E-state index contributed by atoms with van der Waals surface area (Å²) in [5.41, 5.74) is 2.03. The van der Waals surface area contributed by atoms with Crippen LogP contribution in [0.3, 0.4) is 0 Å². The number of nitrogens with one attached hydrogen (secondary N) is 3. The Morgan fingerprint density at radius 2 is 1.94 bits per heavy atom. The zero-order chi connectivity index (χ0) is 22.8. The molecule has 2 aromatic carbocycles. The molecule has 1 atom stereocenters. The second-order valence-electron chi connectivity index (χ2n) is 8.38. The van der Waals surface area contributed by atoms with Crippen LogP contribution in [0.1, 0.15) is 43.5 Å². The molecule has 0 radical (unpaired) electrons. The fourth-order valence-corrected chi connectivity index (χ4v) is 3.32. The molecule has 3 rings (SSSR count). The molecule has 3 N–H and O–H groups in total. The van der Waals surface area contributed by atoms with Gasteiger partial charge in [0.1, 0.15) is 5.75 Å². The summed E-state index contributed by atoms with van der Waals surface area (Å²) in [6.45, 7) is 6.38. The van der Waals surface area contributed by atoms with Crippen LogP contribution in [0.25, 0.3) is 0 Å². The average Bonchev–Trinajstić information content (AvgIpc) is 3.30. The zero-order valence-electron chi connectivity index (χ0n) is 18.9. The topological polar surface area (TPSA) is 88.7 Å². The second kappa shape index (κ2) is 12.1. The fraction of sp³-hybridized carbons (Fsp3) is 0.440. The number of amides is 2. The lowest BCUT2D eigenvalue weighted by molar-refractivity contribution is -0.114. The Bertz CT molecular complexity index is 877. The Morgan fingerprint density at radius 1 is 1.12 bits per heavy atom. The molecule has 1 unspecified atom stereocenters. The van der Waals surface area contributed by atoms with Crippen molar-refractivity contribution in [2.24, 2.45) is 5.92 Å². The minimum Gasteiger partial charge on any atom is -0.494 e. The lowest BCUT2D eigenvalue weighted by atomic mass is 10.1. The van der Waals surface area contributed by atoms with E-state index in [1.165, 1.54) is 0 Å². The minimum absolute atomic E-state index is 0.114. The van der Waals surface area contributed by atoms with Crippen LogP contribution in [0.4, 0.5) is 11.4 Å². The Morgan fingerprint density at radius 3 is 2.66 bits per heavy atom. The standard InChI is InChI=1S/C25H33N3O4/c1-18(2)12-14-32-22-6-3-5-21(15-22)28-24(29)17-26-20-10-8-19(9-11-20)25(30)27-16-23-7-4-13-31-23/h3,5-6,8-11,15,18,23,26H,4,7,12-14,16-17H2,1-2H3,(H,27,30)(H,28,29). The first-order valence-corrected chi connectivity index (χ1v) is 11.3. The molecule has 0 spiro atoms. The van der Waals surface area contributed by atoms with E-state index in [9.17, 15) is 9.59 Å². The van der Waals surface area contributed by atoms with Gasteiger partial charge in [-0.25, -0.2) is 0 Å². The second-order valence-corrected chi connectivity index (χ2v) is 8.38. The summed E-state index contributed by atoms with van der Waals surface area (Å²) < 4.78 is 11.3. The summed E-state index contributed by atoms with van der Waals surface area (Å²) in [5.74, 6) is 1.03. The van der Waals surface area contributed by atoms with Crippen LogP contribution in [0.5, 0.6) is 5.75 Å². The smallest absolute Gasteiger partial charge is 0.251 e. The van der Waals surface area contributed by atoms with Crippen molar-refractivity contribution in [3.63, 3.8) is 0 Å². The van der Waals surface area contributed by atoms with E-state index in [2.05, 4.69) is 29.8 Å². The Balaban J connectivity index is 1.41. The predicted octanol–water partition coefficient (Wildman–Crippen LogP) is 4.07. The van der Waals surface area contributed by atoms with Gasteiger partial charge in [0, 0.05) is 36.2 Å². The average molecular weight is 440 g/mol. The molecule has 0 aromatic heterocycles. The molecule has 172 valence electrons. The maximum absolute atomic E-state index is 12.3. The van der Waals surface area contributed by atoms with Gasteiger partial charge in [-0.15, -0.1) is 0 Å². The molecule has 2 amide bonds. The van der Waals surface area contributed by atoms with Gasteiger partial charge in [-0.2, -0.15) is 0 Å². The molecule has 1 fully saturated rings. The van der Waals surface area contributed by atoms with Crippen LogP contribution in [-0.4, -0.2) is 44.2 Å². The van der Waals surface area contributed by atoms with Crippen LogP contribution in [0.2, 0.25) is 0 Å². The number of carbonyl (C=O) groups is 2. The van der Waals surface area contributed by atoms with E-state index >= 15 is 0 Å². The Kier molecular flexibility index (Phi) is 8.92. The van der Waals surface area contributed by atoms with Crippen molar-refractivity contribution in [1.82, 2.24) is 5.32 Å². The lowest BCUT2D eigenvalue weighted by Gasteiger charge is -2.12. The molecule has 2 aromatic rings. The third-order valence-electron chi connectivity index (χ3n) is 5.20. The highest BCUT2D eigenvalue weighted by Crippen LogP contribution is 2.18. The summed E-state index contributed by atoms with van der Waals surface area (Å²) >= 11 is 0. The van der Waals surface area contributed by atoms with E-state index < -0.39 is 0 Å². The normalized spacial score (nSPS) is 15.4. The van der Waals surface area contributed by atoms with Gasteiger partial charge in [-0.1, -0.05) is 19.9 Å². The summed E-state index contributed by atoms with van der Waals surface area (Å²) in [6.07, 6.45) is 3.13. The van der Waals surface area contributed by atoms with E-state index in [1.807, 2.05) is 24.3 Å². The van der Waals surface area contributed by atoms with Crippen LogP contribution < -0.4 is 20.7 Å². The molecule has 7 heteroatoms. The van der Waals surface area contributed by atoms with Crippen molar-refractivity contribution in [3.05, 3.63) is 54.1 Å². The van der Waals surface area contributed by atoms with Crippen molar-refractivity contribution in [2.45, 2.75) is 39.2 Å². The van der Waals surface area contributed by atoms with Gasteiger partial charge >= 0.3 is 0 Å². The number of hydrogen-bond donors (Lipinski definition) is 3. The van der Waals surface area contributed by atoms with E-state index in [-0.39, 0.29) is 24.5 Å². The monoisotopic (exact) mass is 439 g/mol. The minimum atomic E-state index is -0.164. The number of anilines is 2. The van der Waals surface area contributed by atoms with Gasteiger partial charge in [-0.3, -0.25) is 9.59 Å². The number of rotatable bonds is 11. The first-order valence-electron chi connectivity index (χ1n) is 11.3. The van der Waals surface area contributed by atoms with Crippen LogP contribution in [0, 0.1) is 5.92 Å². The summed E-state index contributed by atoms with van der Waals surface area (Å²) in [5, 5.41) is 8.84. The lowest BCUT2D eigenvalue weighted by Crippen LogP contribution is -2.31. The largest absolute Gasteiger partial charge is 0.494 e. The predicted molar refractivity (Wildman–Crippen MR) is 126 cm³/mol. The zero-order valence-corrected chi connectivity index (χ0v) is 18.9. The van der Waals surface area contributed by atoms with Crippen LogP contribution in [0.15, 0.2) is 48.5 Å². The highest BCUT2D eigenvalue weighted by atomic mass is 16.5. The highest BCUT2D eigenvalue weighted by molar-refractivity contribution is 5.95. The first-order chi connectivity index (χ1) is 15.5. The summed E-state index contributed by atoms with van der Waals surface area (Å²) in [7, 11) is 0. The van der Waals surface area contributed by atoms with E-state index in [0.717, 1.165) is 37.3 Å². The molecule has 1 aliphatic heterocycles. The van der Waals surface area contributed by atoms with Crippen molar-refractivity contribution in [2.75, 3.05) is 36.9 Å². The van der Waals surface area contributed by atoms with Crippen molar-refractivity contribution < 1.29 is 19.1 Å². The quantitative estimate of drug-likeness (QED) is 0.491. The molecule has 0 saturated carbocycles. The molecule has 32 heavy (non-hydrogen) atoms. The van der Waals surface area contributed by atoms with Crippen molar-refractivity contribution >= 4 is 23.2 Å². The van der Waals surface area contributed by atoms with Gasteiger partial charge < -0.3 is 25.4 Å². The van der Waals surface area contributed by atoms with Gasteiger partial charge in [0.15, 0.2) is 0 Å². The van der Waals surface area contributed by atoms with Crippen molar-refractivity contribution in [3.8, 4) is 5.75 Å². The van der Waals surface area contributed by atoms with Gasteiger partial charge in [0.05, 0.1) is 19.3 Å². The van der Waals surface area contributed by atoms with Crippen LogP contribution in [-0.2, 0) is 9.53 Å². The third-order valence-corrected chi connectivity index (χ3v) is 5.20. The van der Waals surface area contributed by atoms with Crippen LogP contribution >= 0.6 is 0 Å². The Hall–Kier alpha value is -3.06. The fourth-order valence-electron chi connectivity index (χ4n) is 3.32. The molecule has 1 heterocycles. The van der Waals surface area contributed by atoms with Gasteiger partial charge in [0.25, 0.3) is 5.91 Å². The van der Waals surface area contributed by atoms with Crippen molar-refractivity contribution in [1.29, 1.82) is 0 Å². The maximum atomic E-state index is 12.3. The number of benzene rings is 2. The number of ether oxygens (including phenoxy) is 2. The number of hydrogen-bond acceptors (Lipinski definition) is 5. The highest BCUT2D eigenvalue weighted by Gasteiger charge is 2.16. The summed E-state index contributed by atoms with van der Waals surface area (Å²) in [6, 6.07) is 14.4. The third kappa shape index (κ3) is 7.89. The number of carbonyl (C=O) groups excluding carboxylic acids is 2. The molecular formula is C25H33N3O4. The molecule has 0 aliphatic carbocycles. The van der Waals surface area contributed by atoms with E-state index in [0.29, 0.717) is 30.3 Å². The molecule has 1 saturated heterocycles. The van der Waals surface area contributed by atoms with Gasteiger partial charge in [0.2, 0.25) is 5.91 Å². The maximum Gasteiger partial charge on any atom is 0.251 e. The SMILES string of the molecule is CC(C)CCOc1cccc(NC(=O)CNc2ccc(C(=O)NCC3CCCO3)cc2)c1. The van der Waals surface area contributed by atoms with E-state index in [1.54, 1.807) is 24.3 Å². The van der Waals surface area contributed by atoms with Gasteiger partial charge in [-0.05, 0) is 61.6 Å². The van der Waals surface area contributed by atoms with E-state index in [4.69, 9.17) is 9.47 Å². The first kappa shape index (κ1) is 23.6. The molecule has 1 aliphatic rings. The Labute approximate surface area is 189 Å². The molecule has 0 bridgehead atoms. The molecule has 7 nitrogen and oxygen atoms in total. The summed E-state index contributed by atoms with van der Waals surface area (Å²) in [4.78, 5) is 24.5. The molecular weight excluding hydrogens is 406 g/mol.